The van der Waals surface area contributed by atoms with Crippen LogP contribution in [0.25, 0.3) is 0 Å². The minimum atomic E-state index is -3.55. The van der Waals surface area contributed by atoms with E-state index in [1.807, 2.05) is 31.2 Å². The molecule has 0 aliphatic heterocycles. The molecule has 0 radical (unpaired) electrons. The summed E-state index contributed by atoms with van der Waals surface area (Å²) in [5.41, 5.74) is 5.76. The first-order valence-corrected chi connectivity index (χ1v) is 12.8. The normalized spacial score (nSPS) is 11.2. The van der Waals surface area contributed by atoms with Crippen LogP contribution in [0.3, 0.4) is 0 Å². The monoisotopic (exact) mass is 511 g/mol. The van der Waals surface area contributed by atoms with Crippen molar-refractivity contribution in [2.75, 3.05) is 31.9 Å². The largest absolute Gasteiger partial charge is 0.493 e. The van der Waals surface area contributed by atoms with Crippen molar-refractivity contribution >= 4 is 27.8 Å². The Morgan fingerprint density at radius 2 is 1.58 bits per heavy atom. The summed E-state index contributed by atoms with van der Waals surface area (Å²) in [6.45, 7) is 2.12. The molecule has 0 fully saturated rings. The molecule has 10 heteroatoms. The van der Waals surface area contributed by atoms with Crippen LogP contribution >= 0.6 is 0 Å². The van der Waals surface area contributed by atoms with Crippen LogP contribution in [0.2, 0.25) is 0 Å². The fraction of sp³-hybridized carbons (Fsp3) is 0.231. The Hall–Kier alpha value is -4.05. The van der Waals surface area contributed by atoms with Crippen molar-refractivity contribution in [3.05, 3.63) is 82.9 Å². The lowest BCUT2D eigenvalue weighted by molar-refractivity contribution is 0.0955. The number of hydrogen-bond acceptors (Lipinski definition) is 7. The third kappa shape index (κ3) is 6.33. The molecule has 0 bridgehead atoms. The number of rotatable bonds is 10. The van der Waals surface area contributed by atoms with Crippen molar-refractivity contribution in [3.8, 4) is 17.2 Å². The number of ether oxygens (including phenoxy) is 3. The van der Waals surface area contributed by atoms with Gasteiger partial charge in [0.1, 0.15) is 0 Å². The maximum atomic E-state index is 12.6. The molecule has 9 nitrogen and oxygen atoms in total. The summed E-state index contributed by atoms with van der Waals surface area (Å²) < 4.78 is 42.2. The summed E-state index contributed by atoms with van der Waals surface area (Å²) in [6, 6.07) is 17.3. The van der Waals surface area contributed by atoms with Gasteiger partial charge in [0.25, 0.3) is 5.91 Å². The van der Waals surface area contributed by atoms with Gasteiger partial charge in [0.05, 0.1) is 46.0 Å². The fourth-order valence-corrected chi connectivity index (χ4v) is 4.41. The van der Waals surface area contributed by atoms with E-state index in [1.54, 1.807) is 36.4 Å². The third-order valence-electron chi connectivity index (χ3n) is 5.46. The first-order chi connectivity index (χ1) is 17.2. The predicted molar refractivity (Wildman–Crippen MR) is 140 cm³/mol. The maximum Gasteiger partial charge on any atom is 0.271 e. The van der Waals surface area contributed by atoms with Crippen LogP contribution < -0.4 is 23.9 Å². The maximum absolute atomic E-state index is 12.6. The summed E-state index contributed by atoms with van der Waals surface area (Å²) in [7, 11) is 0.983. The molecule has 3 aromatic carbocycles. The smallest absolute Gasteiger partial charge is 0.271 e. The number of hydrogen-bond donors (Lipinski definition) is 1. The Balaban J connectivity index is 1.74. The molecule has 36 heavy (non-hydrogen) atoms. The second-order valence-electron chi connectivity index (χ2n) is 7.90. The van der Waals surface area contributed by atoms with Crippen molar-refractivity contribution in [1.82, 2.24) is 5.43 Å². The van der Waals surface area contributed by atoms with Gasteiger partial charge in [-0.15, -0.1) is 0 Å². The third-order valence-corrected chi connectivity index (χ3v) is 6.60. The molecule has 3 rings (SSSR count). The fourth-order valence-electron chi connectivity index (χ4n) is 3.53. The van der Waals surface area contributed by atoms with Crippen molar-refractivity contribution in [3.63, 3.8) is 0 Å². The molecule has 0 unspecified atom stereocenters. The van der Waals surface area contributed by atoms with Crippen LogP contribution in [-0.2, 0) is 16.6 Å². The number of nitrogens with zero attached hydrogens (tertiary/aromatic N) is 2. The average molecular weight is 512 g/mol. The highest BCUT2D eigenvalue weighted by Gasteiger charge is 2.19. The van der Waals surface area contributed by atoms with Gasteiger partial charge < -0.3 is 14.2 Å². The zero-order valence-electron chi connectivity index (χ0n) is 20.8. The second kappa shape index (κ2) is 11.6. The average Bonchev–Trinajstić information content (AvgIpc) is 2.86. The molecule has 0 saturated heterocycles. The highest BCUT2D eigenvalue weighted by molar-refractivity contribution is 7.92. The van der Waals surface area contributed by atoms with E-state index in [0.717, 1.165) is 17.4 Å². The number of carbonyl (C=O) groups excluding carboxylic acids is 1. The quantitative estimate of drug-likeness (QED) is 0.328. The number of aryl methyl sites for hydroxylation is 1. The highest BCUT2D eigenvalue weighted by atomic mass is 32.2. The lowest BCUT2D eigenvalue weighted by Gasteiger charge is -2.23. The summed E-state index contributed by atoms with van der Waals surface area (Å²) in [5, 5.41) is 4.00. The number of sulfonamides is 1. The topological polar surface area (TPSA) is 107 Å². The van der Waals surface area contributed by atoms with E-state index in [9.17, 15) is 13.2 Å². The van der Waals surface area contributed by atoms with Crippen molar-refractivity contribution in [1.29, 1.82) is 0 Å². The summed E-state index contributed by atoms with van der Waals surface area (Å²) in [6.07, 6.45) is 2.61. The number of amides is 1. The lowest BCUT2D eigenvalue weighted by Crippen LogP contribution is -2.29. The van der Waals surface area contributed by atoms with E-state index >= 15 is 0 Å². The molecule has 0 heterocycles. The first-order valence-electron chi connectivity index (χ1n) is 10.9. The second-order valence-corrected chi connectivity index (χ2v) is 9.81. The molecular formula is C26H29N3O6S. The molecule has 0 saturated carbocycles. The van der Waals surface area contributed by atoms with Crippen molar-refractivity contribution < 1.29 is 27.4 Å². The van der Waals surface area contributed by atoms with Crippen LogP contribution in [0.15, 0.2) is 65.8 Å². The molecule has 190 valence electrons. The molecule has 1 amide bonds. The Labute approximate surface area is 211 Å². The number of anilines is 1. The van der Waals surface area contributed by atoms with Gasteiger partial charge >= 0.3 is 0 Å². The van der Waals surface area contributed by atoms with Crippen molar-refractivity contribution in [2.24, 2.45) is 5.10 Å². The van der Waals surface area contributed by atoms with E-state index < -0.39 is 15.9 Å². The van der Waals surface area contributed by atoms with Crippen LogP contribution in [0, 0.1) is 6.92 Å². The molecule has 0 spiro atoms. The molecule has 0 aliphatic rings. The zero-order valence-corrected chi connectivity index (χ0v) is 21.6. The van der Waals surface area contributed by atoms with Gasteiger partial charge in [-0.2, -0.15) is 5.10 Å². The summed E-state index contributed by atoms with van der Waals surface area (Å²) in [5.74, 6) is 0.921. The minimum absolute atomic E-state index is 0.191. The minimum Gasteiger partial charge on any atom is -0.493 e. The van der Waals surface area contributed by atoms with E-state index in [2.05, 4.69) is 10.5 Å². The van der Waals surface area contributed by atoms with E-state index in [0.29, 0.717) is 34.1 Å². The molecule has 0 aromatic heterocycles. The van der Waals surface area contributed by atoms with Crippen molar-refractivity contribution in [2.45, 2.75) is 13.5 Å². The van der Waals surface area contributed by atoms with Gasteiger partial charge in [-0.25, -0.2) is 13.8 Å². The van der Waals surface area contributed by atoms with Gasteiger partial charge in [-0.1, -0.05) is 24.3 Å². The number of benzene rings is 3. The van der Waals surface area contributed by atoms with Gasteiger partial charge in [0, 0.05) is 11.1 Å². The van der Waals surface area contributed by atoms with E-state index in [-0.39, 0.29) is 6.54 Å². The van der Waals surface area contributed by atoms with Gasteiger partial charge in [0.2, 0.25) is 15.8 Å². The van der Waals surface area contributed by atoms with E-state index in [1.165, 1.54) is 31.8 Å². The van der Waals surface area contributed by atoms with Crippen LogP contribution in [0.4, 0.5) is 5.69 Å². The predicted octanol–water partition coefficient (Wildman–Crippen LogP) is 3.75. The van der Waals surface area contributed by atoms with Gasteiger partial charge in [-0.05, 0) is 54.4 Å². The Morgan fingerprint density at radius 1 is 0.972 bits per heavy atom. The number of carbonyl (C=O) groups is 1. The zero-order chi connectivity index (χ0) is 26.3. The number of hydrazone groups is 1. The standard InChI is InChI=1S/C26H29N3O6S/c1-18-8-6-7-9-21(18)17-29(36(5,31)32)22-12-10-20(11-13-22)26(30)28-27-16-19-14-23(33-2)25(35-4)24(15-19)34-3/h6-16H,17H2,1-5H3,(H,28,30)/b27-16-. The lowest BCUT2D eigenvalue weighted by atomic mass is 10.1. The van der Waals surface area contributed by atoms with E-state index in [4.69, 9.17) is 14.2 Å². The molecular weight excluding hydrogens is 482 g/mol. The molecule has 3 aromatic rings. The number of methoxy groups -OCH3 is 3. The van der Waals surface area contributed by atoms with Crippen LogP contribution in [-0.4, -0.2) is 48.1 Å². The Morgan fingerprint density at radius 3 is 2.11 bits per heavy atom. The molecule has 0 aliphatic carbocycles. The van der Waals surface area contributed by atoms with Crippen LogP contribution in [0.1, 0.15) is 27.0 Å². The molecule has 0 atom stereocenters. The van der Waals surface area contributed by atoms with Crippen LogP contribution in [0.5, 0.6) is 17.2 Å². The summed E-state index contributed by atoms with van der Waals surface area (Å²) in [4.78, 5) is 12.6. The van der Waals surface area contributed by atoms with Gasteiger partial charge in [-0.3, -0.25) is 9.10 Å². The number of nitrogens with one attached hydrogen (secondary N) is 1. The summed E-state index contributed by atoms with van der Waals surface area (Å²) >= 11 is 0. The molecule has 1 N–H and O–H groups in total. The Kier molecular flexibility index (Phi) is 8.55. The highest BCUT2D eigenvalue weighted by Crippen LogP contribution is 2.37. The first kappa shape index (κ1) is 26.6. The SMILES string of the molecule is COc1cc(/C=N\NC(=O)c2ccc(N(Cc3ccccc3C)S(C)(=O)=O)cc2)cc(OC)c1OC. The Bertz CT molecular complexity index is 1330. The van der Waals surface area contributed by atoms with Gasteiger partial charge in [0.15, 0.2) is 11.5 Å².